The summed E-state index contributed by atoms with van der Waals surface area (Å²) in [5.41, 5.74) is 0.00165. The highest BCUT2D eigenvalue weighted by Crippen LogP contribution is 1.93. The van der Waals surface area contributed by atoms with Gasteiger partial charge in [0.15, 0.2) is 0 Å². The van der Waals surface area contributed by atoms with Crippen LogP contribution in [0.5, 0.6) is 0 Å². The molecule has 7 heteroatoms. The monoisotopic (exact) mass is 282 g/mol. The van der Waals surface area contributed by atoms with Crippen molar-refractivity contribution < 1.29 is 14.3 Å². The van der Waals surface area contributed by atoms with E-state index in [1.807, 2.05) is 19.9 Å². The van der Waals surface area contributed by atoms with Gasteiger partial charge in [-0.25, -0.2) is 4.79 Å². The summed E-state index contributed by atoms with van der Waals surface area (Å²) in [6.07, 6.45) is 0.844. The molecule has 0 rings (SSSR count). The Hall–Kier alpha value is -2.23. The van der Waals surface area contributed by atoms with Crippen LogP contribution in [0.2, 0.25) is 0 Å². The van der Waals surface area contributed by atoms with Gasteiger partial charge in [0, 0.05) is 25.8 Å². The molecule has 0 fully saturated rings. The lowest BCUT2D eigenvalue weighted by atomic mass is 10.2. The first kappa shape index (κ1) is 17.8. The molecule has 0 heterocycles. The predicted octanol–water partition coefficient (Wildman–Crippen LogP) is 0.502. The third-order valence-electron chi connectivity index (χ3n) is 2.10. The second-order valence-electron chi connectivity index (χ2n) is 4.38. The van der Waals surface area contributed by atoms with E-state index in [0.717, 1.165) is 0 Å². The van der Waals surface area contributed by atoms with Crippen molar-refractivity contribution in [2.24, 2.45) is 5.92 Å². The summed E-state index contributed by atoms with van der Waals surface area (Å²) >= 11 is 0. The van der Waals surface area contributed by atoms with Gasteiger partial charge in [0.25, 0.3) is 5.91 Å². The van der Waals surface area contributed by atoms with Crippen molar-refractivity contribution in [3.05, 3.63) is 11.8 Å². The van der Waals surface area contributed by atoms with Crippen LogP contribution >= 0.6 is 0 Å². The fourth-order valence-electron chi connectivity index (χ4n) is 1.13. The summed E-state index contributed by atoms with van der Waals surface area (Å²) in [4.78, 5) is 22.6. The Morgan fingerprint density at radius 3 is 2.55 bits per heavy atom. The number of hydrogen-bond acceptors (Lipinski definition) is 5. The van der Waals surface area contributed by atoms with E-state index in [2.05, 4.69) is 20.7 Å². The zero-order valence-corrected chi connectivity index (χ0v) is 12.2. The maximum absolute atomic E-state index is 11.6. The van der Waals surface area contributed by atoms with Gasteiger partial charge in [-0.2, -0.15) is 5.26 Å². The molecule has 0 aromatic heterocycles. The number of carbonyl (C=O) groups excluding carboxylic acids is 2. The van der Waals surface area contributed by atoms with E-state index in [1.54, 1.807) is 6.92 Å². The summed E-state index contributed by atoms with van der Waals surface area (Å²) in [5, 5.41) is 16.8. The van der Waals surface area contributed by atoms with Gasteiger partial charge in [-0.15, -0.1) is 0 Å². The molecule has 7 nitrogen and oxygen atoms in total. The SMILES string of the molecule is CCOC(=O)NCCN/C=C(/C#N)C(=O)NCC(C)C. The van der Waals surface area contributed by atoms with Crippen LogP contribution in [-0.2, 0) is 9.53 Å². The number of hydrogen-bond donors (Lipinski definition) is 3. The van der Waals surface area contributed by atoms with E-state index in [1.165, 1.54) is 6.20 Å². The molecular weight excluding hydrogens is 260 g/mol. The molecule has 0 aromatic rings. The summed E-state index contributed by atoms with van der Waals surface area (Å²) in [5.74, 6) is -0.0901. The van der Waals surface area contributed by atoms with Crippen LogP contribution < -0.4 is 16.0 Å². The molecule has 0 bridgehead atoms. The number of nitriles is 1. The standard InChI is InChI=1S/C13H22N4O3/c1-4-20-13(19)16-6-5-15-9-11(7-14)12(18)17-8-10(2)3/h9-10,15H,4-6,8H2,1-3H3,(H,16,19)(H,17,18)/b11-9-. The molecule has 3 N–H and O–H groups in total. The molecule has 0 radical (unpaired) electrons. The summed E-state index contributed by atoms with van der Waals surface area (Å²) in [6, 6.07) is 1.82. The Morgan fingerprint density at radius 1 is 1.30 bits per heavy atom. The van der Waals surface area contributed by atoms with Gasteiger partial charge in [0.1, 0.15) is 11.6 Å². The first-order valence-electron chi connectivity index (χ1n) is 6.53. The first-order valence-corrected chi connectivity index (χ1v) is 6.53. The van der Waals surface area contributed by atoms with Crippen molar-refractivity contribution in [2.75, 3.05) is 26.2 Å². The molecule has 0 saturated carbocycles. The number of nitrogens with one attached hydrogen (secondary N) is 3. The number of ether oxygens (including phenoxy) is 1. The van der Waals surface area contributed by atoms with Crippen molar-refractivity contribution in [1.82, 2.24) is 16.0 Å². The van der Waals surface area contributed by atoms with Crippen LogP contribution in [-0.4, -0.2) is 38.2 Å². The topological polar surface area (TPSA) is 103 Å². The molecule has 20 heavy (non-hydrogen) atoms. The summed E-state index contributed by atoms with van der Waals surface area (Å²) in [7, 11) is 0. The number of amides is 2. The Kier molecular flexibility index (Phi) is 9.48. The average molecular weight is 282 g/mol. The van der Waals surface area contributed by atoms with Gasteiger partial charge in [-0.3, -0.25) is 4.79 Å². The van der Waals surface area contributed by atoms with Gasteiger partial charge >= 0.3 is 6.09 Å². The van der Waals surface area contributed by atoms with Gasteiger partial charge in [0.05, 0.1) is 6.61 Å². The maximum Gasteiger partial charge on any atom is 0.407 e. The lowest BCUT2D eigenvalue weighted by molar-refractivity contribution is -0.117. The molecule has 0 aliphatic rings. The minimum Gasteiger partial charge on any atom is -0.450 e. The van der Waals surface area contributed by atoms with E-state index in [-0.39, 0.29) is 5.57 Å². The van der Waals surface area contributed by atoms with Gasteiger partial charge in [-0.05, 0) is 12.8 Å². The molecule has 0 aliphatic carbocycles. The smallest absolute Gasteiger partial charge is 0.407 e. The molecule has 2 amide bonds. The molecule has 0 unspecified atom stereocenters. The number of alkyl carbamates (subject to hydrolysis) is 1. The highest BCUT2D eigenvalue weighted by atomic mass is 16.5. The fourth-order valence-corrected chi connectivity index (χ4v) is 1.13. The third kappa shape index (κ3) is 8.80. The molecule has 0 aliphatic heterocycles. The Balaban J connectivity index is 3.99. The first-order chi connectivity index (χ1) is 9.51. The predicted molar refractivity (Wildman–Crippen MR) is 74.6 cm³/mol. The largest absolute Gasteiger partial charge is 0.450 e. The van der Waals surface area contributed by atoms with E-state index in [4.69, 9.17) is 5.26 Å². The number of carbonyl (C=O) groups is 2. The van der Waals surface area contributed by atoms with Crippen LogP contribution in [0.3, 0.4) is 0 Å². The van der Waals surface area contributed by atoms with Crippen LogP contribution in [0.25, 0.3) is 0 Å². The highest BCUT2D eigenvalue weighted by molar-refractivity contribution is 5.97. The Morgan fingerprint density at radius 2 is 2.00 bits per heavy atom. The minimum absolute atomic E-state index is 0.00165. The fraction of sp³-hybridized carbons (Fsp3) is 0.615. The molecular formula is C13H22N4O3. The third-order valence-corrected chi connectivity index (χ3v) is 2.10. The van der Waals surface area contributed by atoms with Crippen molar-refractivity contribution in [1.29, 1.82) is 5.26 Å². The second-order valence-corrected chi connectivity index (χ2v) is 4.38. The van der Waals surface area contributed by atoms with Crippen LogP contribution in [0.1, 0.15) is 20.8 Å². The highest BCUT2D eigenvalue weighted by Gasteiger charge is 2.08. The van der Waals surface area contributed by atoms with E-state index in [0.29, 0.717) is 32.2 Å². The zero-order chi connectivity index (χ0) is 15.4. The average Bonchev–Trinajstić information content (AvgIpc) is 2.40. The van der Waals surface area contributed by atoms with Crippen LogP contribution in [0.4, 0.5) is 4.79 Å². The minimum atomic E-state index is -0.492. The number of nitrogens with zero attached hydrogens (tertiary/aromatic N) is 1. The molecule has 112 valence electrons. The van der Waals surface area contributed by atoms with E-state index >= 15 is 0 Å². The lowest BCUT2D eigenvalue weighted by Gasteiger charge is -2.07. The van der Waals surface area contributed by atoms with Gasteiger partial charge in [-0.1, -0.05) is 13.8 Å². The summed E-state index contributed by atoms with van der Waals surface area (Å²) in [6.45, 7) is 7.21. The summed E-state index contributed by atoms with van der Waals surface area (Å²) < 4.78 is 4.67. The maximum atomic E-state index is 11.6. The van der Waals surface area contributed by atoms with Gasteiger partial charge < -0.3 is 20.7 Å². The van der Waals surface area contributed by atoms with E-state index in [9.17, 15) is 9.59 Å². The molecule has 0 aromatic carbocycles. The van der Waals surface area contributed by atoms with Crippen molar-refractivity contribution in [3.63, 3.8) is 0 Å². The quantitative estimate of drug-likeness (QED) is 0.342. The number of rotatable bonds is 8. The van der Waals surface area contributed by atoms with Crippen LogP contribution in [0, 0.1) is 17.2 Å². The van der Waals surface area contributed by atoms with Crippen LogP contribution in [0.15, 0.2) is 11.8 Å². The normalized spacial score (nSPS) is 10.7. The van der Waals surface area contributed by atoms with Crippen molar-refractivity contribution in [2.45, 2.75) is 20.8 Å². The molecule has 0 saturated heterocycles. The van der Waals surface area contributed by atoms with Crippen molar-refractivity contribution >= 4 is 12.0 Å². The molecule has 0 atom stereocenters. The Bertz CT molecular complexity index is 386. The van der Waals surface area contributed by atoms with Crippen molar-refractivity contribution in [3.8, 4) is 6.07 Å². The van der Waals surface area contributed by atoms with E-state index < -0.39 is 12.0 Å². The molecule has 0 spiro atoms. The Labute approximate surface area is 119 Å². The zero-order valence-electron chi connectivity index (χ0n) is 12.2. The lowest BCUT2D eigenvalue weighted by Crippen LogP contribution is -2.32. The van der Waals surface area contributed by atoms with Gasteiger partial charge in [0.2, 0.25) is 0 Å². The second kappa shape index (κ2) is 10.7.